The van der Waals surface area contributed by atoms with Gasteiger partial charge in [-0.3, -0.25) is 4.72 Å². The fourth-order valence-electron chi connectivity index (χ4n) is 1.22. The van der Waals surface area contributed by atoms with Crippen molar-refractivity contribution in [3.05, 3.63) is 35.7 Å². The van der Waals surface area contributed by atoms with Crippen molar-refractivity contribution in [3.8, 4) is 6.07 Å². The average Bonchev–Trinajstić information content (AvgIpc) is 2.37. The maximum absolute atomic E-state index is 13.4. The molecule has 0 radical (unpaired) electrons. The smallest absolute Gasteiger partial charge is 0.328 e. The van der Waals surface area contributed by atoms with Gasteiger partial charge >= 0.3 is 5.97 Å². The lowest BCUT2D eigenvalue weighted by molar-refractivity contribution is -0.131. The summed E-state index contributed by atoms with van der Waals surface area (Å²) in [5, 5.41) is 15.8. The number of nitrogens with zero attached hydrogens (tertiary/aromatic N) is 1. The van der Waals surface area contributed by atoms with Gasteiger partial charge in [-0.05, 0) is 31.2 Å². The summed E-state index contributed by atoms with van der Waals surface area (Å²) < 4.78 is 38.8. The first-order chi connectivity index (χ1) is 9.26. The topological polar surface area (TPSA) is 107 Å². The number of carboxylic acid groups (broad SMARTS) is 1. The number of aliphatic carboxylic acids is 1. The van der Waals surface area contributed by atoms with E-state index in [0.717, 1.165) is 24.3 Å². The van der Waals surface area contributed by atoms with E-state index in [1.807, 2.05) is 0 Å². The van der Waals surface area contributed by atoms with Gasteiger partial charge in [-0.15, -0.1) is 0 Å². The van der Waals surface area contributed by atoms with Crippen molar-refractivity contribution >= 4 is 27.8 Å². The molecular weight excluding hydrogens is 287 g/mol. The van der Waals surface area contributed by atoms with Crippen molar-refractivity contribution in [3.63, 3.8) is 0 Å². The van der Waals surface area contributed by atoms with Crippen molar-refractivity contribution in [2.75, 3.05) is 4.72 Å². The Labute approximate surface area is 115 Å². The van der Waals surface area contributed by atoms with Gasteiger partial charge in [-0.25, -0.2) is 17.6 Å². The van der Waals surface area contributed by atoms with Crippen LogP contribution in [0.25, 0.3) is 6.08 Å². The van der Waals surface area contributed by atoms with Crippen molar-refractivity contribution in [1.82, 2.24) is 0 Å². The molecule has 1 aromatic rings. The normalized spacial score (nSPS) is 12.8. The molecule has 8 heteroatoms. The van der Waals surface area contributed by atoms with Gasteiger partial charge in [0.15, 0.2) is 5.25 Å². The summed E-state index contributed by atoms with van der Waals surface area (Å²) in [7, 11) is -3.90. The number of carbonyl (C=O) groups is 1. The average molecular weight is 298 g/mol. The minimum absolute atomic E-state index is 0.0403. The third-order valence-electron chi connectivity index (χ3n) is 2.31. The first kappa shape index (κ1) is 15.7. The largest absolute Gasteiger partial charge is 0.478 e. The number of nitrogens with one attached hydrogen (secondary N) is 1. The quantitative estimate of drug-likeness (QED) is 0.802. The molecule has 1 aromatic carbocycles. The van der Waals surface area contributed by atoms with Crippen LogP contribution in [0.4, 0.5) is 10.1 Å². The highest BCUT2D eigenvalue weighted by atomic mass is 32.2. The maximum atomic E-state index is 13.4. The van der Waals surface area contributed by atoms with Crippen LogP contribution >= 0.6 is 0 Å². The molecule has 0 bridgehead atoms. The molecule has 0 aliphatic heterocycles. The fraction of sp³-hybridized carbons (Fsp3) is 0.167. The Morgan fingerprint density at radius 3 is 2.75 bits per heavy atom. The Kier molecular flexibility index (Phi) is 4.83. The highest BCUT2D eigenvalue weighted by Crippen LogP contribution is 2.18. The van der Waals surface area contributed by atoms with E-state index in [1.54, 1.807) is 6.07 Å². The number of carboxylic acids is 1. The lowest BCUT2D eigenvalue weighted by Crippen LogP contribution is -2.23. The summed E-state index contributed by atoms with van der Waals surface area (Å²) >= 11 is 0. The summed E-state index contributed by atoms with van der Waals surface area (Å²) in [5.74, 6) is -1.95. The Hall–Kier alpha value is -2.40. The molecular formula is C12H11FN2O4S. The second-order valence-electron chi connectivity index (χ2n) is 3.83. The molecule has 2 N–H and O–H groups in total. The summed E-state index contributed by atoms with van der Waals surface area (Å²) in [6.07, 6.45) is 1.73. The maximum Gasteiger partial charge on any atom is 0.328 e. The van der Waals surface area contributed by atoms with Gasteiger partial charge in [0.1, 0.15) is 5.82 Å². The first-order valence-electron chi connectivity index (χ1n) is 5.38. The number of rotatable bonds is 5. The fourth-order valence-corrected chi connectivity index (χ4v) is 1.99. The molecule has 0 aliphatic rings. The summed E-state index contributed by atoms with van der Waals surface area (Å²) in [6.45, 7) is 1.21. The molecule has 1 atom stereocenters. The van der Waals surface area contributed by atoms with E-state index in [2.05, 4.69) is 4.72 Å². The van der Waals surface area contributed by atoms with Crippen molar-refractivity contribution in [2.24, 2.45) is 0 Å². The number of hydrogen-bond donors (Lipinski definition) is 2. The molecule has 20 heavy (non-hydrogen) atoms. The van der Waals surface area contributed by atoms with E-state index in [4.69, 9.17) is 10.4 Å². The van der Waals surface area contributed by atoms with Crippen LogP contribution in [-0.2, 0) is 14.8 Å². The van der Waals surface area contributed by atoms with Crippen LogP contribution < -0.4 is 4.72 Å². The number of benzene rings is 1. The zero-order valence-corrected chi connectivity index (χ0v) is 11.2. The third kappa shape index (κ3) is 4.07. The molecule has 0 saturated carbocycles. The SMILES string of the molecule is CC(C#N)S(=O)(=O)Nc1ccc(F)c(/C=C/C(=O)O)c1. The van der Waals surface area contributed by atoms with Crippen LogP contribution in [0.15, 0.2) is 24.3 Å². The molecule has 0 heterocycles. The van der Waals surface area contributed by atoms with Crippen LogP contribution in [0.2, 0.25) is 0 Å². The van der Waals surface area contributed by atoms with E-state index in [9.17, 15) is 17.6 Å². The van der Waals surface area contributed by atoms with Gasteiger partial charge in [0.2, 0.25) is 10.0 Å². The third-order valence-corrected chi connectivity index (χ3v) is 3.87. The lowest BCUT2D eigenvalue weighted by atomic mass is 10.2. The summed E-state index contributed by atoms with van der Waals surface area (Å²) in [6, 6.07) is 4.88. The van der Waals surface area contributed by atoms with E-state index in [-0.39, 0.29) is 11.3 Å². The molecule has 0 fully saturated rings. The molecule has 1 unspecified atom stereocenters. The highest BCUT2D eigenvalue weighted by molar-refractivity contribution is 7.93. The number of sulfonamides is 1. The Morgan fingerprint density at radius 1 is 1.55 bits per heavy atom. The molecule has 1 rings (SSSR count). The van der Waals surface area contributed by atoms with Gasteiger partial charge in [0, 0.05) is 17.3 Å². The zero-order valence-electron chi connectivity index (χ0n) is 10.4. The number of nitriles is 1. The second kappa shape index (κ2) is 6.16. The Bertz CT molecular complexity index is 692. The molecule has 0 saturated heterocycles. The Balaban J connectivity index is 3.08. The van der Waals surface area contributed by atoms with Crippen molar-refractivity contribution < 1.29 is 22.7 Å². The molecule has 6 nitrogen and oxygen atoms in total. The van der Waals surface area contributed by atoms with Gasteiger partial charge in [-0.1, -0.05) is 0 Å². The van der Waals surface area contributed by atoms with Crippen LogP contribution in [0.5, 0.6) is 0 Å². The first-order valence-corrected chi connectivity index (χ1v) is 6.92. The van der Waals surface area contributed by atoms with Crippen LogP contribution in [0, 0.1) is 17.1 Å². The van der Waals surface area contributed by atoms with Gasteiger partial charge < -0.3 is 5.11 Å². The lowest BCUT2D eigenvalue weighted by Gasteiger charge is -2.10. The van der Waals surface area contributed by atoms with Gasteiger partial charge in [0.05, 0.1) is 6.07 Å². The molecule has 0 spiro atoms. The minimum Gasteiger partial charge on any atom is -0.478 e. The van der Waals surface area contributed by atoms with Gasteiger partial charge in [0.25, 0.3) is 0 Å². The predicted molar refractivity (Wildman–Crippen MR) is 70.7 cm³/mol. The standard InChI is InChI=1S/C12H11FN2O4S/c1-8(7-14)20(18,19)15-10-3-4-11(13)9(6-10)2-5-12(16)17/h2-6,8,15H,1H3,(H,16,17)/b5-2+. The summed E-state index contributed by atoms with van der Waals surface area (Å²) in [5.41, 5.74) is -0.0456. The van der Waals surface area contributed by atoms with Crippen LogP contribution in [-0.4, -0.2) is 24.7 Å². The molecule has 106 valence electrons. The van der Waals surface area contributed by atoms with Crippen molar-refractivity contribution in [1.29, 1.82) is 5.26 Å². The molecule has 0 amide bonds. The predicted octanol–water partition coefficient (Wildman–Crippen LogP) is 1.58. The monoisotopic (exact) mass is 298 g/mol. The molecule has 0 aliphatic carbocycles. The summed E-state index contributed by atoms with van der Waals surface area (Å²) in [4.78, 5) is 10.4. The number of halogens is 1. The van der Waals surface area contributed by atoms with Crippen LogP contribution in [0.3, 0.4) is 0 Å². The zero-order chi connectivity index (χ0) is 15.3. The van der Waals surface area contributed by atoms with E-state index in [0.29, 0.717) is 0 Å². The van der Waals surface area contributed by atoms with Gasteiger partial charge in [-0.2, -0.15) is 5.26 Å². The van der Waals surface area contributed by atoms with E-state index < -0.39 is 27.1 Å². The minimum atomic E-state index is -3.90. The second-order valence-corrected chi connectivity index (χ2v) is 5.83. The number of anilines is 1. The molecule has 0 aromatic heterocycles. The van der Waals surface area contributed by atoms with Crippen LogP contribution in [0.1, 0.15) is 12.5 Å². The Morgan fingerprint density at radius 2 is 2.20 bits per heavy atom. The number of hydrogen-bond acceptors (Lipinski definition) is 4. The van der Waals surface area contributed by atoms with E-state index in [1.165, 1.54) is 13.0 Å². The highest BCUT2D eigenvalue weighted by Gasteiger charge is 2.20. The van der Waals surface area contributed by atoms with E-state index >= 15 is 0 Å². The van der Waals surface area contributed by atoms with Crippen molar-refractivity contribution in [2.45, 2.75) is 12.2 Å².